The number of carbonyl (C=O) groups is 3. The molecular weight excluding hydrogens is 451 g/mol. The van der Waals surface area contributed by atoms with Crippen LogP contribution in [0.25, 0.3) is 0 Å². The zero-order valence-electron chi connectivity index (χ0n) is 17.4. The van der Waals surface area contributed by atoms with Crippen molar-refractivity contribution in [3.8, 4) is 0 Å². The topological polar surface area (TPSA) is 88.2 Å². The maximum Gasteiger partial charge on any atom is 0.416 e. The largest absolute Gasteiger partial charge is 0.452 e. The standard InChI is InChI=1S/C20H24F3N3O5S/c1-13(31-17(27)4-5-26-8-11-32-19(26)29)18(28)24-15-12-14(20(21,22)23)2-3-16(15)25-6-9-30-10-7-25/h2-3,12-13H,4-11H2,1H3,(H,24,28). The number of amides is 2. The molecule has 0 radical (unpaired) electrons. The fourth-order valence-electron chi connectivity index (χ4n) is 3.29. The third-order valence-corrected chi connectivity index (χ3v) is 5.93. The van der Waals surface area contributed by atoms with Crippen molar-refractivity contribution in [3.05, 3.63) is 23.8 Å². The molecule has 2 fully saturated rings. The molecular formula is C20H24F3N3O5S. The quantitative estimate of drug-likeness (QED) is 0.607. The van der Waals surface area contributed by atoms with Gasteiger partial charge in [0.2, 0.25) is 0 Å². The molecule has 1 unspecified atom stereocenters. The Labute approximate surface area is 187 Å². The van der Waals surface area contributed by atoms with Gasteiger partial charge in [0.05, 0.1) is 36.6 Å². The number of nitrogens with zero attached hydrogens (tertiary/aromatic N) is 2. The van der Waals surface area contributed by atoms with Gasteiger partial charge in [-0.3, -0.25) is 14.4 Å². The van der Waals surface area contributed by atoms with Crippen LogP contribution in [0.1, 0.15) is 18.9 Å². The summed E-state index contributed by atoms with van der Waals surface area (Å²) in [5, 5.41) is 2.36. The number of esters is 1. The van der Waals surface area contributed by atoms with Crippen LogP contribution in [0.4, 0.5) is 29.3 Å². The maximum absolute atomic E-state index is 13.2. The van der Waals surface area contributed by atoms with E-state index in [1.54, 1.807) is 0 Å². The van der Waals surface area contributed by atoms with Crippen LogP contribution in [0.2, 0.25) is 0 Å². The molecule has 0 aromatic heterocycles. The molecule has 2 aliphatic rings. The summed E-state index contributed by atoms with van der Waals surface area (Å²) in [5.41, 5.74) is -0.491. The Bertz CT molecular complexity index is 861. The molecule has 0 bridgehead atoms. The molecule has 0 aliphatic carbocycles. The number of carbonyl (C=O) groups excluding carboxylic acids is 3. The highest BCUT2D eigenvalue weighted by molar-refractivity contribution is 8.13. The van der Waals surface area contributed by atoms with Gasteiger partial charge in [-0.1, -0.05) is 11.8 Å². The third kappa shape index (κ3) is 6.28. The Morgan fingerprint density at radius 2 is 1.97 bits per heavy atom. The molecule has 1 N–H and O–H groups in total. The lowest BCUT2D eigenvalue weighted by atomic mass is 10.1. The Morgan fingerprint density at radius 3 is 2.59 bits per heavy atom. The average Bonchev–Trinajstić information content (AvgIpc) is 3.17. The van der Waals surface area contributed by atoms with Crippen LogP contribution in [0.5, 0.6) is 0 Å². The van der Waals surface area contributed by atoms with Crippen molar-refractivity contribution < 1.29 is 37.0 Å². The van der Waals surface area contributed by atoms with Gasteiger partial charge in [-0.2, -0.15) is 13.2 Å². The minimum absolute atomic E-state index is 0.0192. The molecule has 1 aromatic carbocycles. The minimum Gasteiger partial charge on any atom is -0.452 e. The van der Waals surface area contributed by atoms with Crippen molar-refractivity contribution in [3.63, 3.8) is 0 Å². The SMILES string of the molecule is CC(OC(=O)CCN1CCSC1=O)C(=O)Nc1cc(C(F)(F)F)ccc1N1CCOCC1. The van der Waals surface area contributed by atoms with Gasteiger partial charge >= 0.3 is 12.1 Å². The van der Waals surface area contributed by atoms with Crippen LogP contribution in [0, 0.1) is 0 Å². The van der Waals surface area contributed by atoms with E-state index in [0.717, 1.165) is 12.1 Å². The van der Waals surface area contributed by atoms with E-state index in [1.165, 1.54) is 29.7 Å². The zero-order valence-corrected chi connectivity index (χ0v) is 18.3. The first-order chi connectivity index (χ1) is 15.1. The Morgan fingerprint density at radius 1 is 1.25 bits per heavy atom. The summed E-state index contributed by atoms with van der Waals surface area (Å²) >= 11 is 1.17. The number of halogens is 3. The summed E-state index contributed by atoms with van der Waals surface area (Å²) in [5.74, 6) is -0.760. The van der Waals surface area contributed by atoms with E-state index in [9.17, 15) is 27.6 Å². The fourth-order valence-corrected chi connectivity index (χ4v) is 4.14. The summed E-state index contributed by atoms with van der Waals surface area (Å²) in [6, 6.07) is 3.14. The van der Waals surface area contributed by atoms with Crippen LogP contribution in [0.15, 0.2) is 18.2 Å². The molecule has 3 rings (SSSR count). The molecule has 8 nitrogen and oxygen atoms in total. The van der Waals surface area contributed by atoms with Gasteiger partial charge in [-0.05, 0) is 25.1 Å². The van der Waals surface area contributed by atoms with E-state index < -0.39 is 29.7 Å². The average molecular weight is 475 g/mol. The molecule has 2 heterocycles. The number of hydrogen-bond donors (Lipinski definition) is 1. The van der Waals surface area contributed by atoms with Crippen LogP contribution in [-0.2, 0) is 25.2 Å². The highest BCUT2D eigenvalue weighted by atomic mass is 32.2. The third-order valence-electron chi connectivity index (χ3n) is 5.04. The van der Waals surface area contributed by atoms with Crippen molar-refractivity contribution >= 4 is 40.3 Å². The number of anilines is 2. The van der Waals surface area contributed by atoms with E-state index in [1.807, 2.05) is 4.90 Å². The monoisotopic (exact) mass is 475 g/mol. The van der Waals surface area contributed by atoms with Gasteiger partial charge < -0.3 is 24.6 Å². The predicted molar refractivity (Wildman–Crippen MR) is 113 cm³/mol. The van der Waals surface area contributed by atoms with Crippen LogP contribution in [-0.4, -0.2) is 73.3 Å². The molecule has 0 spiro atoms. The molecule has 1 atom stereocenters. The molecule has 2 amide bonds. The van der Waals surface area contributed by atoms with E-state index in [0.29, 0.717) is 44.3 Å². The van der Waals surface area contributed by atoms with Gasteiger partial charge in [-0.25, -0.2) is 0 Å². The highest BCUT2D eigenvalue weighted by Crippen LogP contribution is 2.36. The molecule has 2 saturated heterocycles. The molecule has 176 valence electrons. The lowest BCUT2D eigenvalue weighted by Crippen LogP contribution is -2.37. The molecule has 32 heavy (non-hydrogen) atoms. The number of hydrogen-bond acceptors (Lipinski definition) is 7. The highest BCUT2D eigenvalue weighted by Gasteiger charge is 2.32. The number of thioether (sulfide) groups is 1. The van der Waals surface area contributed by atoms with Crippen molar-refractivity contribution in [2.24, 2.45) is 0 Å². The summed E-state index contributed by atoms with van der Waals surface area (Å²) in [4.78, 5) is 39.5. The second-order valence-electron chi connectivity index (χ2n) is 7.30. The lowest BCUT2D eigenvalue weighted by molar-refractivity contribution is -0.153. The number of alkyl halides is 3. The summed E-state index contributed by atoms with van der Waals surface area (Å²) < 4.78 is 50.0. The Balaban J connectivity index is 1.65. The van der Waals surface area contributed by atoms with E-state index in [4.69, 9.17) is 9.47 Å². The summed E-state index contributed by atoms with van der Waals surface area (Å²) in [7, 11) is 0. The second-order valence-corrected chi connectivity index (χ2v) is 8.35. The number of nitrogens with one attached hydrogen (secondary N) is 1. The van der Waals surface area contributed by atoms with Gasteiger partial charge in [0, 0.05) is 31.9 Å². The van der Waals surface area contributed by atoms with Crippen LogP contribution >= 0.6 is 11.8 Å². The lowest BCUT2D eigenvalue weighted by Gasteiger charge is -2.31. The molecule has 2 aliphatic heterocycles. The smallest absolute Gasteiger partial charge is 0.416 e. The van der Waals surface area contributed by atoms with Crippen molar-refractivity contribution in [2.75, 3.05) is 55.4 Å². The molecule has 12 heteroatoms. The van der Waals surface area contributed by atoms with Crippen molar-refractivity contribution in [1.82, 2.24) is 4.90 Å². The van der Waals surface area contributed by atoms with E-state index in [-0.39, 0.29) is 23.9 Å². The van der Waals surface area contributed by atoms with Crippen molar-refractivity contribution in [1.29, 1.82) is 0 Å². The van der Waals surface area contributed by atoms with Crippen LogP contribution < -0.4 is 10.2 Å². The maximum atomic E-state index is 13.2. The van der Waals surface area contributed by atoms with Gasteiger partial charge in [-0.15, -0.1) is 0 Å². The van der Waals surface area contributed by atoms with Crippen LogP contribution in [0.3, 0.4) is 0 Å². The Kier molecular flexibility index (Phi) is 7.88. The number of benzene rings is 1. The Hall–Kier alpha value is -2.47. The number of morpholine rings is 1. The predicted octanol–water partition coefficient (Wildman–Crippen LogP) is 2.97. The number of rotatable bonds is 7. The molecule has 1 aromatic rings. The van der Waals surface area contributed by atoms with Crippen molar-refractivity contribution in [2.45, 2.75) is 25.6 Å². The first-order valence-corrected chi connectivity index (χ1v) is 11.1. The van der Waals surface area contributed by atoms with E-state index >= 15 is 0 Å². The normalized spacial score (nSPS) is 17.9. The fraction of sp³-hybridized carbons (Fsp3) is 0.550. The molecule has 0 saturated carbocycles. The van der Waals surface area contributed by atoms with Gasteiger partial charge in [0.25, 0.3) is 11.1 Å². The number of ether oxygens (including phenoxy) is 2. The second kappa shape index (κ2) is 10.4. The van der Waals surface area contributed by atoms with E-state index in [2.05, 4.69) is 5.32 Å². The van der Waals surface area contributed by atoms with Gasteiger partial charge in [0.15, 0.2) is 6.10 Å². The minimum atomic E-state index is -4.58. The first kappa shape index (κ1) is 24.2. The first-order valence-electron chi connectivity index (χ1n) is 10.1. The zero-order chi connectivity index (χ0) is 23.3. The van der Waals surface area contributed by atoms with Gasteiger partial charge in [0.1, 0.15) is 0 Å². The summed E-state index contributed by atoms with van der Waals surface area (Å²) in [6.07, 6.45) is -5.88. The summed E-state index contributed by atoms with van der Waals surface area (Å²) in [6.45, 7) is 3.84.